The van der Waals surface area contributed by atoms with Gasteiger partial charge in [0.15, 0.2) is 0 Å². The molecular weight excluding hydrogens is 190 g/mol. The third kappa shape index (κ3) is 2.27. The van der Waals surface area contributed by atoms with Crippen LogP contribution in [0.25, 0.3) is 0 Å². The smallest absolute Gasteiger partial charge is 0.129 e. The molecule has 82 valence electrons. The fourth-order valence-electron chi connectivity index (χ4n) is 1.81. The van der Waals surface area contributed by atoms with Crippen LogP contribution in [0.15, 0.2) is 18.2 Å². The van der Waals surface area contributed by atoms with Crippen molar-refractivity contribution in [1.82, 2.24) is 4.98 Å². The Hall–Kier alpha value is -1.13. The van der Waals surface area contributed by atoms with E-state index in [-0.39, 0.29) is 0 Å². The highest BCUT2D eigenvalue weighted by molar-refractivity contribution is 5.40. The normalized spacial score (nSPS) is 21.7. The van der Waals surface area contributed by atoms with E-state index in [1.165, 1.54) is 0 Å². The zero-order chi connectivity index (χ0) is 10.7. The van der Waals surface area contributed by atoms with Crippen LogP contribution in [0.5, 0.6) is 0 Å². The zero-order valence-corrected chi connectivity index (χ0v) is 9.02. The Labute approximate surface area is 90.0 Å². The first-order valence-electron chi connectivity index (χ1n) is 5.31. The molecule has 1 aliphatic heterocycles. The summed E-state index contributed by atoms with van der Waals surface area (Å²) in [5, 5.41) is 0. The predicted octanol–water partition coefficient (Wildman–Crippen LogP) is 0.765. The molecule has 1 aromatic rings. The molecule has 15 heavy (non-hydrogen) atoms. The molecule has 4 heteroatoms. The minimum atomic E-state index is 0.388. The van der Waals surface area contributed by atoms with Gasteiger partial charge in [-0.15, -0.1) is 0 Å². The van der Waals surface area contributed by atoms with Crippen molar-refractivity contribution in [2.24, 2.45) is 5.73 Å². The predicted molar refractivity (Wildman–Crippen MR) is 59.8 cm³/mol. The van der Waals surface area contributed by atoms with Crippen LogP contribution in [-0.2, 0) is 11.3 Å². The van der Waals surface area contributed by atoms with E-state index < -0.39 is 0 Å². The molecule has 0 bridgehead atoms. The minimum Gasteiger partial charge on any atom is -0.377 e. The van der Waals surface area contributed by atoms with Crippen LogP contribution < -0.4 is 10.6 Å². The molecule has 0 aliphatic carbocycles. The van der Waals surface area contributed by atoms with Gasteiger partial charge in [0.25, 0.3) is 0 Å². The fourth-order valence-corrected chi connectivity index (χ4v) is 1.81. The SMILES string of the molecule is CC1COCCN1c1cccc(CN)n1. The standard InChI is InChI=1S/C11H17N3O/c1-9-8-15-6-5-14(9)11-4-2-3-10(7-12)13-11/h2-4,9H,5-8,12H2,1H3. The third-order valence-corrected chi connectivity index (χ3v) is 2.66. The van der Waals surface area contributed by atoms with Crippen molar-refractivity contribution in [3.05, 3.63) is 23.9 Å². The monoisotopic (exact) mass is 207 g/mol. The van der Waals surface area contributed by atoms with Gasteiger partial charge in [-0.1, -0.05) is 6.07 Å². The maximum Gasteiger partial charge on any atom is 0.129 e. The molecule has 0 amide bonds. The van der Waals surface area contributed by atoms with Crippen molar-refractivity contribution in [2.75, 3.05) is 24.7 Å². The second kappa shape index (κ2) is 4.59. The lowest BCUT2D eigenvalue weighted by molar-refractivity contribution is 0.0985. The Balaban J connectivity index is 2.19. The molecule has 0 aromatic carbocycles. The molecule has 1 aliphatic rings. The summed E-state index contributed by atoms with van der Waals surface area (Å²) in [6, 6.07) is 6.38. The number of aromatic nitrogens is 1. The lowest BCUT2D eigenvalue weighted by Crippen LogP contribution is -2.44. The maximum absolute atomic E-state index is 5.58. The Morgan fingerprint density at radius 3 is 3.20 bits per heavy atom. The van der Waals surface area contributed by atoms with Gasteiger partial charge in [0.05, 0.1) is 24.9 Å². The number of morpholine rings is 1. The van der Waals surface area contributed by atoms with E-state index in [0.717, 1.165) is 31.3 Å². The summed E-state index contributed by atoms with van der Waals surface area (Å²) in [6.07, 6.45) is 0. The Bertz CT molecular complexity index is 329. The van der Waals surface area contributed by atoms with Crippen LogP contribution in [0.3, 0.4) is 0 Å². The molecule has 1 saturated heterocycles. The average Bonchev–Trinajstić information content (AvgIpc) is 2.30. The van der Waals surface area contributed by atoms with Crippen molar-refractivity contribution < 1.29 is 4.74 Å². The van der Waals surface area contributed by atoms with Gasteiger partial charge in [0, 0.05) is 13.1 Å². The molecule has 2 N–H and O–H groups in total. The number of hydrogen-bond donors (Lipinski definition) is 1. The van der Waals surface area contributed by atoms with Gasteiger partial charge in [-0.3, -0.25) is 0 Å². The van der Waals surface area contributed by atoms with Crippen LogP contribution in [0.1, 0.15) is 12.6 Å². The van der Waals surface area contributed by atoms with Crippen LogP contribution in [0.2, 0.25) is 0 Å². The van der Waals surface area contributed by atoms with E-state index in [9.17, 15) is 0 Å². The highest BCUT2D eigenvalue weighted by Gasteiger charge is 2.19. The van der Waals surface area contributed by atoms with Gasteiger partial charge in [-0.2, -0.15) is 0 Å². The lowest BCUT2D eigenvalue weighted by atomic mass is 10.2. The van der Waals surface area contributed by atoms with E-state index in [2.05, 4.69) is 16.8 Å². The van der Waals surface area contributed by atoms with Gasteiger partial charge in [-0.05, 0) is 19.1 Å². The molecule has 1 aromatic heterocycles. The molecule has 2 rings (SSSR count). The highest BCUT2D eigenvalue weighted by Crippen LogP contribution is 2.17. The minimum absolute atomic E-state index is 0.388. The van der Waals surface area contributed by atoms with Crippen molar-refractivity contribution in [1.29, 1.82) is 0 Å². The molecule has 2 heterocycles. The summed E-state index contributed by atoms with van der Waals surface area (Å²) < 4.78 is 5.40. The van der Waals surface area contributed by atoms with E-state index in [0.29, 0.717) is 12.6 Å². The first-order chi connectivity index (χ1) is 7.31. The first-order valence-corrected chi connectivity index (χ1v) is 5.31. The molecule has 1 atom stereocenters. The van der Waals surface area contributed by atoms with Gasteiger partial charge < -0.3 is 15.4 Å². The van der Waals surface area contributed by atoms with Crippen LogP contribution >= 0.6 is 0 Å². The summed E-state index contributed by atoms with van der Waals surface area (Å²) in [4.78, 5) is 6.78. The quantitative estimate of drug-likeness (QED) is 0.778. The molecule has 0 radical (unpaired) electrons. The highest BCUT2D eigenvalue weighted by atomic mass is 16.5. The summed E-state index contributed by atoms with van der Waals surface area (Å²) in [7, 11) is 0. The van der Waals surface area contributed by atoms with Crippen LogP contribution in [0, 0.1) is 0 Å². The Morgan fingerprint density at radius 1 is 1.60 bits per heavy atom. The van der Waals surface area contributed by atoms with Crippen molar-refractivity contribution in [3.63, 3.8) is 0 Å². The summed E-state index contributed by atoms with van der Waals surface area (Å²) >= 11 is 0. The van der Waals surface area contributed by atoms with E-state index in [1.54, 1.807) is 0 Å². The topological polar surface area (TPSA) is 51.4 Å². The molecule has 0 saturated carbocycles. The second-order valence-corrected chi connectivity index (χ2v) is 3.81. The molecule has 1 fully saturated rings. The average molecular weight is 207 g/mol. The molecule has 4 nitrogen and oxygen atoms in total. The largest absolute Gasteiger partial charge is 0.377 e. The van der Waals surface area contributed by atoms with Gasteiger partial charge >= 0.3 is 0 Å². The summed E-state index contributed by atoms with van der Waals surface area (Å²) in [6.45, 7) is 5.10. The molecule has 1 unspecified atom stereocenters. The molecular formula is C11H17N3O. The number of hydrogen-bond acceptors (Lipinski definition) is 4. The van der Waals surface area contributed by atoms with Crippen molar-refractivity contribution in [2.45, 2.75) is 19.5 Å². The van der Waals surface area contributed by atoms with Crippen molar-refractivity contribution in [3.8, 4) is 0 Å². The summed E-state index contributed by atoms with van der Waals surface area (Å²) in [5.74, 6) is 1.01. The third-order valence-electron chi connectivity index (χ3n) is 2.66. The van der Waals surface area contributed by atoms with E-state index >= 15 is 0 Å². The Morgan fingerprint density at radius 2 is 2.47 bits per heavy atom. The van der Waals surface area contributed by atoms with E-state index in [1.807, 2.05) is 18.2 Å². The first kappa shape index (κ1) is 10.4. The number of pyridine rings is 1. The lowest BCUT2D eigenvalue weighted by Gasteiger charge is -2.34. The van der Waals surface area contributed by atoms with Crippen LogP contribution in [0.4, 0.5) is 5.82 Å². The second-order valence-electron chi connectivity index (χ2n) is 3.81. The number of anilines is 1. The van der Waals surface area contributed by atoms with Gasteiger partial charge in [0.2, 0.25) is 0 Å². The number of rotatable bonds is 2. The number of nitrogens with zero attached hydrogens (tertiary/aromatic N) is 2. The summed E-state index contributed by atoms with van der Waals surface area (Å²) in [5.41, 5.74) is 6.51. The van der Waals surface area contributed by atoms with Gasteiger partial charge in [-0.25, -0.2) is 4.98 Å². The van der Waals surface area contributed by atoms with Gasteiger partial charge in [0.1, 0.15) is 5.82 Å². The van der Waals surface area contributed by atoms with E-state index in [4.69, 9.17) is 10.5 Å². The number of ether oxygens (including phenoxy) is 1. The molecule has 0 spiro atoms. The van der Waals surface area contributed by atoms with Crippen molar-refractivity contribution >= 4 is 5.82 Å². The Kier molecular flexibility index (Phi) is 3.18. The maximum atomic E-state index is 5.58. The van der Waals surface area contributed by atoms with Crippen LogP contribution in [-0.4, -0.2) is 30.8 Å². The zero-order valence-electron chi connectivity index (χ0n) is 9.02. The fraction of sp³-hybridized carbons (Fsp3) is 0.545. The number of nitrogens with two attached hydrogens (primary N) is 1.